The molecule has 0 unspecified atom stereocenters. The van der Waals surface area contributed by atoms with E-state index in [2.05, 4.69) is 28.7 Å². The highest BCUT2D eigenvalue weighted by molar-refractivity contribution is 14.1. The predicted octanol–water partition coefficient (Wildman–Crippen LogP) is 0.796. The van der Waals surface area contributed by atoms with Gasteiger partial charge < -0.3 is 15.6 Å². The molecule has 90 valence electrons. The van der Waals surface area contributed by atoms with Gasteiger partial charge in [-0.05, 0) is 28.5 Å². The summed E-state index contributed by atoms with van der Waals surface area (Å²) in [4.78, 5) is 20.3. The molecule has 0 radical (unpaired) electrons. The summed E-state index contributed by atoms with van der Waals surface area (Å²) in [5.74, 6) is 1.23. The predicted molar refractivity (Wildman–Crippen MR) is 73.7 cm³/mol. The number of rotatable bonds is 5. The lowest BCUT2D eigenvalue weighted by atomic mass is 10.2. The Bertz CT molecular complexity index is 391. The van der Waals surface area contributed by atoms with Gasteiger partial charge in [0.15, 0.2) is 0 Å². The summed E-state index contributed by atoms with van der Waals surface area (Å²) in [5, 5.41) is 0. The first-order valence-corrected chi connectivity index (χ1v) is 6.32. The molecule has 0 aliphatic heterocycles. The lowest BCUT2D eigenvalue weighted by Gasteiger charge is -2.25. The van der Waals surface area contributed by atoms with Crippen molar-refractivity contribution in [3.63, 3.8) is 0 Å². The van der Waals surface area contributed by atoms with Gasteiger partial charge in [0.05, 0.1) is 6.33 Å². The molecule has 0 aliphatic carbocycles. The van der Waals surface area contributed by atoms with Gasteiger partial charge in [-0.1, -0.05) is 13.8 Å². The zero-order valence-corrected chi connectivity index (χ0v) is 11.7. The first kappa shape index (κ1) is 13.4. The Hall–Kier alpha value is -0.630. The van der Waals surface area contributed by atoms with E-state index in [0.29, 0.717) is 22.6 Å². The Morgan fingerprint density at radius 3 is 2.88 bits per heavy atom. The van der Waals surface area contributed by atoms with Crippen LogP contribution in [0.2, 0.25) is 0 Å². The van der Waals surface area contributed by atoms with E-state index >= 15 is 0 Å². The third-order valence-corrected chi connectivity index (χ3v) is 3.03. The standard InChI is InChI=1S/C10H17IN4O/c1-7(2)5-15(4-3-12)9-8(11)10(16)14-6-13-9/h6-7H,3-5,12H2,1-2H3,(H,13,14,16). The van der Waals surface area contributed by atoms with Gasteiger partial charge in [-0.3, -0.25) is 4.79 Å². The van der Waals surface area contributed by atoms with E-state index in [1.807, 2.05) is 22.6 Å². The molecule has 16 heavy (non-hydrogen) atoms. The summed E-state index contributed by atoms with van der Waals surface area (Å²) in [5.41, 5.74) is 5.47. The molecule has 0 aliphatic rings. The number of aromatic nitrogens is 2. The van der Waals surface area contributed by atoms with Crippen LogP contribution in [-0.2, 0) is 0 Å². The number of nitrogens with one attached hydrogen (secondary N) is 1. The Morgan fingerprint density at radius 2 is 2.31 bits per heavy atom. The average Bonchev–Trinajstić information content (AvgIpc) is 2.21. The van der Waals surface area contributed by atoms with Gasteiger partial charge in [0.25, 0.3) is 5.56 Å². The molecular weight excluding hydrogens is 319 g/mol. The van der Waals surface area contributed by atoms with Gasteiger partial charge in [-0.2, -0.15) is 0 Å². The number of hydrogen-bond donors (Lipinski definition) is 2. The summed E-state index contributed by atoms with van der Waals surface area (Å²) >= 11 is 2.02. The number of nitrogens with zero attached hydrogens (tertiary/aromatic N) is 2. The molecule has 1 aromatic heterocycles. The quantitative estimate of drug-likeness (QED) is 0.780. The number of H-pyrrole nitrogens is 1. The number of anilines is 1. The minimum atomic E-state index is -0.101. The Kier molecular flexibility index (Phi) is 5.20. The lowest BCUT2D eigenvalue weighted by Crippen LogP contribution is -2.35. The minimum absolute atomic E-state index is 0.101. The van der Waals surface area contributed by atoms with Crippen molar-refractivity contribution in [3.05, 3.63) is 20.3 Å². The summed E-state index contributed by atoms with van der Waals surface area (Å²) in [7, 11) is 0. The molecule has 0 fully saturated rings. The fourth-order valence-corrected chi connectivity index (χ4v) is 2.11. The van der Waals surface area contributed by atoms with Crippen molar-refractivity contribution in [2.24, 2.45) is 11.7 Å². The van der Waals surface area contributed by atoms with Gasteiger partial charge in [-0.25, -0.2) is 4.98 Å². The van der Waals surface area contributed by atoms with E-state index in [0.717, 1.165) is 12.4 Å². The van der Waals surface area contributed by atoms with Crippen LogP contribution in [0.3, 0.4) is 0 Å². The van der Waals surface area contributed by atoms with Crippen molar-refractivity contribution < 1.29 is 0 Å². The highest BCUT2D eigenvalue weighted by atomic mass is 127. The number of hydrogen-bond acceptors (Lipinski definition) is 4. The van der Waals surface area contributed by atoms with Crippen LogP contribution in [0.15, 0.2) is 11.1 Å². The zero-order valence-electron chi connectivity index (χ0n) is 9.53. The molecule has 1 heterocycles. The maximum absolute atomic E-state index is 11.5. The van der Waals surface area contributed by atoms with Gasteiger partial charge in [0, 0.05) is 19.6 Å². The molecule has 0 amide bonds. The monoisotopic (exact) mass is 336 g/mol. The van der Waals surface area contributed by atoms with Crippen LogP contribution in [0.1, 0.15) is 13.8 Å². The summed E-state index contributed by atoms with van der Waals surface area (Å²) < 4.78 is 0.620. The van der Waals surface area contributed by atoms with Crippen molar-refractivity contribution >= 4 is 28.4 Å². The number of halogens is 1. The van der Waals surface area contributed by atoms with Crippen molar-refractivity contribution in [1.29, 1.82) is 0 Å². The van der Waals surface area contributed by atoms with Gasteiger partial charge in [-0.15, -0.1) is 0 Å². The topological polar surface area (TPSA) is 75.0 Å². The molecule has 1 rings (SSSR count). The van der Waals surface area contributed by atoms with Crippen LogP contribution in [0, 0.1) is 9.49 Å². The molecule has 0 atom stereocenters. The second-order valence-corrected chi connectivity index (χ2v) is 5.08. The molecule has 1 aromatic rings. The molecule has 3 N–H and O–H groups in total. The summed E-state index contributed by atoms with van der Waals surface area (Å²) in [6, 6.07) is 0. The first-order chi connectivity index (χ1) is 7.56. The van der Waals surface area contributed by atoms with E-state index in [1.165, 1.54) is 6.33 Å². The second kappa shape index (κ2) is 6.19. The van der Waals surface area contributed by atoms with Crippen molar-refractivity contribution in [2.45, 2.75) is 13.8 Å². The number of nitrogens with two attached hydrogens (primary N) is 1. The maximum Gasteiger partial charge on any atom is 0.266 e. The Labute approximate surface area is 109 Å². The molecule has 0 bridgehead atoms. The Balaban J connectivity index is 3.00. The highest BCUT2D eigenvalue weighted by Crippen LogP contribution is 2.16. The maximum atomic E-state index is 11.5. The molecule has 0 aromatic carbocycles. The van der Waals surface area contributed by atoms with E-state index in [9.17, 15) is 4.79 Å². The van der Waals surface area contributed by atoms with Crippen LogP contribution in [0.5, 0.6) is 0 Å². The fraction of sp³-hybridized carbons (Fsp3) is 0.600. The SMILES string of the molecule is CC(C)CN(CCN)c1nc[nH]c(=O)c1I. The van der Waals surface area contributed by atoms with Crippen LogP contribution < -0.4 is 16.2 Å². The third-order valence-electron chi connectivity index (χ3n) is 2.06. The van der Waals surface area contributed by atoms with Crippen molar-refractivity contribution in [2.75, 3.05) is 24.5 Å². The Morgan fingerprint density at radius 1 is 1.62 bits per heavy atom. The molecule has 6 heteroatoms. The van der Waals surface area contributed by atoms with Crippen LogP contribution in [0.4, 0.5) is 5.82 Å². The normalized spacial score (nSPS) is 10.8. The summed E-state index contributed by atoms with van der Waals surface area (Å²) in [6.45, 7) is 6.37. The van der Waals surface area contributed by atoms with Gasteiger partial charge in [0.1, 0.15) is 9.39 Å². The van der Waals surface area contributed by atoms with Gasteiger partial charge >= 0.3 is 0 Å². The fourth-order valence-electron chi connectivity index (χ4n) is 1.47. The summed E-state index contributed by atoms with van der Waals surface area (Å²) in [6.07, 6.45) is 1.43. The van der Waals surface area contributed by atoms with Crippen LogP contribution in [0.25, 0.3) is 0 Å². The van der Waals surface area contributed by atoms with Crippen LogP contribution >= 0.6 is 22.6 Å². The average molecular weight is 336 g/mol. The van der Waals surface area contributed by atoms with Crippen molar-refractivity contribution in [3.8, 4) is 0 Å². The number of aromatic amines is 1. The van der Waals surface area contributed by atoms with E-state index in [-0.39, 0.29) is 5.56 Å². The highest BCUT2D eigenvalue weighted by Gasteiger charge is 2.14. The molecular formula is C10H17IN4O. The first-order valence-electron chi connectivity index (χ1n) is 5.24. The minimum Gasteiger partial charge on any atom is -0.354 e. The molecule has 0 saturated carbocycles. The largest absolute Gasteiger partial charge is 0.354 e. The lowest BCUT2D eigenvalue weighted by molar-refractivity contribution is 0.605. The molecule has 0 saturated heterocycles. The third kappa shape index (κ3) is 3.44. The van der Waals surface area contributed by atoms with E-state index in [1.54, 1.807) is 0 Å². The molecule has 5 nitrogen and oxygen atoms in total. The second-order valence-electron chi connectivity index (χ2n) is 4.00. The van der Waals surface area contributed by atoms with E-state index in [4.69, 9.17) is 5.73 Å². The molecule has 0 spiro atoms. The van der Waals surface area contributed by atoms with Gasteiger partial charge in [0.2, 0.25) is 0 Å². The zero-order chi connectivity index (χ0) is 12.1. The van der Waals surface area contributed by atoms with Crippen LogP contribution in [-0.4, -0.2) is 29.6 Å². The van der Waals surface area contributed by atoms with E-state index < -0.39 is 0 Å². The smallest absolute Gasteiger partial charge is 0.266 e. The van der Waals surface area contributed by atoms with Crippen molar-refractivity contribution in [1.82, 2.24) is 9.97 Å².